The lowest BCUT2D eigenvalue weighted by atomic mass is 10.2. The molecule has 0 unspecified atom stereocenters. The molecule has 62 valence electrons. The molecular formula is C8H20N2. The molecule has 0 heterocycles. The van der Waals surface area contributed by atoms with Crippen LogP contribution < -0.4 is 11.1 Å². The summed E-state index contributed by atoms with van der Waals surface area (Å²) in [6.07, 6.45) is 2.44. The van der Waals surface area contributed by atoms with Crippen LogP contribution in [-0.4, -0.2) is 12.7 Å². The van der Waals surface area contributed by atoms with E-state index in [-0.39, 0.29) is 6.17 Å². The molecule has 0 aromatic rings. The molecular weight excluding hydrogens is 124 g/mol. The van der Waals surface area contributed by atoms with Crippen LogP contribution in [0.2, 0.25) is 0 Å². The van der Waals surface area contributed by atoms with Gasteiger partial charge in [0.1, 0.15) is 0 Å². The quantitative estimate of drug-likeness (QED) is 0.571. The molecule has 0 aromatic carbocycles. The highest BCUT2D eigenvalue weighted by Gasteiger charge is 1.99. The second-order valence-corrected chi connectivity index (χ2v) is 3.20. The van der Waals surface area contributed by atoms with Gasteiger partial charge in [-0.3, -0.25) is 0 Å². The normalized spacial score (nSPS) is 14.1. The molecule has 0 radical (unpaired) electrons. The van der Waals surface area contributed by atoms with Crippen molar-refractivity contribution < 1.29 is 0 Å². The Kier molecular flexibility index (Phi) is 5.64. The zero-order chi connectivity index (χ0) is 7.98. The molecule has 10 heavy (non-hydrogen) atoms. The highest BCUT2D eigenvalue weighted by molar-refractivity contribution is 4.58. The lowest BCUT2D eigenvalue weighted by molar-refractivity contribution is 0.447. The van der Waals surface area contributed by atoms with Crippen LogP contribution >= 0.6 is 0 Å². The standard InChI is InChI=1S/C8H20N2/c1-4-5-8(9)10-6-7(2)3/h7-8,10H,4-6,9H2,1-3H3/t8-/m0/s1. The van der Waals surface area contributed by atoms with E-state index in [1.54, 1.807) is 0 Å². The lowest BCUT2D eigenvalue weighted by Gasteiger charge is -2.13. The molecule has 0 bridgehead atoms. The molecule has 0 aliphatic carbocycles. The highest BCUT2D eigenvalue weighted by atomic mass is 15.0. The van der Waals surface area contributed by atoms with E-state index in [0.717, 1.165) is 19.4 Å². The van der Waals surface area contributed by atoms with E-state index in [1.165, 1.54) is 0 Å². The first-order valence-corrected chi connectivity index (χ1v) is 4.15. The van der Waals surface area contributed by atoms with Gasteiger partial charge in [-0.25, -0.2) is 0 Å². The fourth-order valence-electron chi connectivity index (χ4n) is 0.800. The lowest BCUT2D eigenvalue weighted by Crippen LogP contribution is -2.39. The number of nitrogens with two attached hydrogens (primary N) is 1. The van der Waals surface area contributed by atoms with Gasteiger partial charge in [-0.1, -0.05) is 27.2 Å². The van der Waals surface area contributed by atoms with Crippen molar-refractivity contribution in [3.05, 3.63) is 0 Å². The summed E-state index contributed by atoms with van der Waals surface area (Å²) in [5.41, 5.74) is 5.72. The predicted molar refractivity (Wildman–Crippen MR) is 45.7 cm³/mol. The molecule has 2 heteroatoms. The van der Waals surface area contributed by atoms with Crippen LogP contribution in [0.1, 0.15) is 33.6 Å². The zero-order valence-electron chi connectivity index (χ0n) is 7.35. The van der Waals surface area contributed by atoms with Gasteiger partial charge in [0.2, 0.25) is 0 Å². The van der Waals surface area contributed by atoms with Gasteiger partial charge in [-0.2, -0.15) is 0 Å². The summed E-state index contributed by atoms with van der Waals surface area (Å²) in [4.78, 5) is 0. The van der Waals surface area contributed by atoms with Gasteiger partial charge in [-0.05, 0) is 18.9 Å². The number of nitrogens with one attached hydrogen (secondary N) is 1. The summed E-state index contributed by atoms with van der Waals surface area (Å²) in [5.74, 6) is 0.697. The van der Waals surface area contributed by atoms with Crippen molar-refractivity contribution >= 4 is 0 Å². The minimum atomic E-state index is 0.201. The van der Waals surface area contributed by atoms with Crippen LogP contribution in [0, 0.1) is 5.92 Å². The van der Waals surface area contributed by atoms with Gasteiger partial charge >= 0.3 is 0 Å². The maximum Gasteiger partial charge on any atom is 0.0546 e. The molecule has 0 saturated carbocycles. The summed E-state index contributed by atoms with van der Waals surface area (Å²) >= 11 is 0. The Morgan fingerprint density at radius 2 is 2.00 bits per heavy atom. The van der Waals surface area contributed by atoms with Gasteiger partial charge in [0.15, 0.2) is 0 Å². The van der Waals surface area contributed by atoms with Crippen molar-refractivity contribution in [3.63, 3.8) is 0 Å². The van der Waals surface area contributed by atoms with Crippen molar-refractivity contribution in [2.75, 3.05) is 6.54 Å². The number of rotatable bonds is 5. The Hall–Kier alpha value is -0.0800. The molecule has 0 aliphatic rings. The molecule has 0 saturated heterocycles. The summed E-state index contributed by atoms with van der Waals surface area (Å²) in [6.45, 7) is 7.55. The molecule has 0 aliphatic heterocycles. The highest BCUT2D eigenvalue weighted by Crippen LogP contribution is 1.92. The first-order valence-electron chi connectivity index (χ1n) is 4.15. The fraction of sp³-hybridized carbons (Fsp3) is 1.00. The monoisotopic (exact) mass is 144 g/mol. The zero-order valence-corrected chi connectivity index (χ0v) is 7.35. The van der Waals surface area contributed by atoms with E-state index in [2.05, 4.69) is 26.1 Å². The van der Waals surface area contributed by atoms with E-state index < -0.39 is 0 Å². The molecule has 0 aromatic heterocycles. The van der Waals surface area contributed by atoms with E-state index in [4.69, 9.17) is 5.73 Å². The Labute approximate surface area is 64.2 Å². The van der Waals surface area contributed by atoms with Gasteiger partial charge in [0.05, 0.1) is 6.17 Å². The molecule has 1 atom stereocenters. The molecule has 0 rings (SSSR count). The SMILES string of the molecule is CCC[C@@H](N)NCC(C)C. The average Bonchev–Trinajstić information content (AvgIpc) is 1.85. The van der Waals surface area contributed by atoms with Gasteiger partial charge in [0.25, 0.3) is 0 Å². The van der Waals surface area contributed by atoms with E-state index in [9.17, 15) is 0 Å². The third-order valence-electron chi connectivity index (χ3n) is 1.39. The third kappa shape index (κ3) is 6.05. The topological polar surface area (TPSA) is 38.0 Å². The van der Waals surface area contributed by atoms with Crippen LogP contribution in [0.15, 0.2) is 0 Å². The predicted octanol–water partition coefficient (Wildman–Crippen LogP) is 1.32. The Morgan fingerprint density at radius 3 is 2.40 bits per heavy atom. The Balaban J connectivity index is 3.12. The first-order chi connectivity index (χ1) is 4.66. The van der Waals surface area contributed by atoms with Crippen molar-refractivity contribution in [2.24, 2.45) is 11.7 Å². The summed E-state index contributed by atoms with van der Waals surface area (Å²) < 4.78 is 0. The van der Waals surface area contributed by atoms with Gasteiger partial charge < -0.3 is 11.1 Å². The maximum absolute atomic E-state index is 5.72. The molecule has 0 fully saturated rings. The van der Waals surface area contributed by atoms with Gasteiger partial charge in [-0.15, -0.1) is 0 Å². The first kappa shape index (κ1) is 9.92. The summed E-state index contributed by atoms with van der Waals surface area (Å²) in [7, 11) is 0. The number of hydrogen-bond acceptors (Lipinski definition) is 2. The molecule has 2 nitrogen and oxygen atoms in total. The second kappa shape index (κ2) is 5.69. The summed E-state index contributed by atoms with van der Waals surface area (Å²) in [5, 5.41) is 3.26. The maximum atomic E-state index is 5.72. The van der Waals surface area contributed by atoms with Crippen LogP contribution in [-0.2, 0) is 0 Å². The van der Waals surface area contributed by atoms with Crippen LogP contribution in [0.4, 0.5) is 0 Å². The minimum Gasteiger partial charge on any atom is -0.316 e. The summed E-state index contributed by atoms with van der Waals surface area (Å²) in [6, 6.07) is 0. The van der Waals surface area contributed by atoms with Crippen molar-refractivity contribution in [3.8, 4) is 0 Å². The fourth-order valence-corrected chi connectivity index (χ4v) is 0.800. The van der Waals surface area contributed by atoms with Crippen LogP contribution in [0.25, 0.3) is 0 Å². The van der Waals surface area contributed by atoms with Crippen molar-refractivity contribution in [1.82, 2.24) is 5.32 Å². The number of hydrogen-bond donors (Lipinski definition) is 2. The van der Waals surface area contributed by atoms with Crippen molar-refractivity contribution in [1.29, 1.82) is 0 Å². The smallest absolute Gasteiger partial charge is 0.0546 e. The second-order valence-electron chi connectivity index (χ2n) is 3.20. The van der Waals surface area contributed by atoms with Crippen LogP contribution in [0.3, 0.4) is 0 Å². The molecule has 0 amide bonds. The van der Waals surface area contributed by atoms with Gasteiger partial charge in [0, 0.05) is 0 Å². The molecule has 0 spiro atoms. The largest absolute Gasteiger partial charge is 0.316 e. The van der Waals surface area contributed by atoms with Crippen molar-refractivity contribution in [2.45, 2.75) is 39.8 Å². The Morgan fingerprint density at radius 1 is 1.40 bits per heavy atom. The van der Waals surface area contributed by atoms with E-state index in [0.29, 0.717) is 5.92 Å². The van der Waals surface area contributed by atoms with Crippen LogP contribution in [0.5, 0.6) is 0 Å². The third-order valence-corrected chi connectivity index (χ3v) is 1.39. The van der Waals surface area contributed by atoms with E-state index in [1.807, 2.05) is 0 Å². The Bertz CT molecular complexity index is 71.7. The molecule has 3 N–H and O–H groups in total. The van der Waals surface area contributed by atoms with E-state index >= 15 is 0 Å². The minimum absolute atomic E-state index is 0.201. The average molecular weight is 144 g/mol.